The second kappa shape index (κ2) is 3.69. The van der Waals surface area contributed by atoms with Gasteiger partial charge in [0, 0.05) is 12.3 Å². The van der Waals surface area contributed by atoms with E-state index < -0.39 is 0 Å². The van der Waals surface area contributed by atoms with E-state index in [9.17, 15) is 4.79 Å². The van der Waals surface area contributed by atoms with Gasteiger partial charge >= 0.3 is 0 Å². The predicted octanol–water partition coefficient (Wildman–Crippen LogP) is 1.72. The number of benzene rings is 1. The highest BCUT2D eigenvalue weighted by Crippen LogP contribution is 2.09. The Balaban J connectivity index is 2.24. The number of nitrogens with zero attached hydrogens (tertiary/aromatic N) is 3. The summed E-state index contributed by atoms with van der Waals surface area (Å²) in [7, 11) is 0. The van der Waals surface area contributed by atoms with Crippen LogP contribution in [0.3, 0.4) is 0 Å². The molecule has 14 heavy (non-hydrogen) atoms. The molecule has 0 aliphatic rings. The van der Waals surface area contributed by atoms with Crippen molar-refractivity contribution < 1.29 is 0 Å². The lowest BCUT2D eigenvalue weighted by molar-refractivity contribution is 0.669. The summed E-state index contributed by atoms with van der Waals surface area (Å²) in [4.78, 5) is 12.1. The second-order valence-corrected chi connectivity index (χ2v) is 2.64. The minimum absolute atomic E-state index is 0.232. The van der Waals surface area contributed by atoms with Crippen LogP contribution in [0.2, 0.25) is 0 Å². The van der Waals surface area contributed by atoms with Gasteiger partial charge in [-0.05, 0) is 17.4 Å². The first-order chi connectivity index (χ1) is 6.86. The van der Waals surface area contributed by atoms with E-state index in [1.165, 1.54) is 12.3 Å². The molecule has 1 N–H and O–H groups in total. The number of hydrogen-bond acceptors (Lipinski definition) is 3. The number of nitrogens with one attached hydrogen (secondary N) is 1. The highest BCUT2D eigenvalue weighted by Gasteiger charge is 1.91. The predicted molar refractivity (Wildman–Crippen MR) is 51.4 cm³/mol. The molecular weight excluding hydrogens is 180 g/mol. The van der Waals surface area contributed by atoms with E-state index in [-0.39, 0.29) is 5.56 Å². The zero-order chi connectivity index (χ0) is 9.80. The molecule has 0 radical (unpaired) electrons. The van der Waals surface area contributed by atoms with E-state index in [2.05, 4.69) is 15.4 Å². The van der Waals surface area contributed by atoms with Crippen LogP contribution in [-0.2, 0) is 0 Å². The van der Waals surface area contributed by atoms with Crippen LogP contribution in [-0.4, -0.2) is 9.89 Å². The summed E-state index contributed by atoms with van der Waals surface area (Å²) in [6, 6.07) is 10.6. The molecule has 0 atom stereocenters. The maximum atomic E-state index is 11.0. The molecule has 5 heteroatoms. The maximum absolute atomic E-state index is 11.0. The molecule has 0 saturated heterocycles. The van der Waals surface area contributed by atoms with E-state index in [1.807, 2.05) is 18.2 Å². The van der Waals surface area contributed by atoms with Crippen LogP contribution in [0.1, 0.15) is 0 Å². The number of aromatic nitrogens is 2. The number of aromatic amines is 1. The molecule has 0 amide bonds. The van der Waals surface area contributed by atoms with Gasteiger partial charge in [0.2, 0.25) is 0 Å². The SMILES string of the molecule is O=c1cc[nH]n1/N=N/c1ccccc1. The molecule has 1 heterocycles. The lowest BCUT2D eigenvalue weighted by Gasteiger charge is -1.90. The monoisotopic (exact) mass is 188 g/mol. The quantitative estimate of drug-likeness (QED) is 0.716. The molecule has 1 aromatic heterocycles. The van der Waals surface area contributed by atoms with Gasteiger partial charge in [-0.15, -0.1) is 9.91 Å². The summed E-state index contributed by atoms with van der Waals surface area (Å²) in [6.07, 6.45) is 1.51. The second-order valence-electron chi connectivity index (χ2n) is 2.64. The van der Waals surface area contributed by atoms with Gasteiger partial charge in [0.05, 0.1) is 5.69 Å². The minimum atomic E-state index is -0.232. The first-order valence-electron chi connectivity index (χ1n) is 4.10. The summed E-state index contributed by atoms with van der Waals surface area (Å²) in [5.74, 6) is 0. The number of rotatable bonds is 2. The van der Waals surface area contributed by atoms with E-state index >= 15 is 0 Å². The lowest BCUT2D eigenvalue weighted by atomic mass is 10.3. The third-order valence-corrected chi connectivity index (χ3v) is 1.64. The number of H-pyrrole nitrogens is 1. The van der Waals surface area contributed by atoms with Crippen LogP contribution < -0.4 is 5.56 Å². The van der Waals surface area contributed by atoms with Crippen LogP contribution in [0.4, 0.5) is 5.69 Å². The normalized spacial score (nSPS) is 10.9. The third kappa shape index (κ3) is 1.77. The molecule has 0 saturated carbocycles. The Kier molecular flexibility index (Phi) is 2.22. The van der Waals surface area contributed by atoms with Crippen molar-refractivity contribution in [2.24, 2.45) is 10.3 Å². The highest BCUT2D eigenvalue weighted by molar-refractivity contribution is 5.34. The summed E-state index contributed by atoms with van der Waals surface area (Å²) in [6.45, 7) is 0. The standard InChI is InChI=1S/C9H8N4O/c14-9-6-7-10-13(9)12-11-8-4-2-1-3-5-8/h1-7,10H/b12-11+. The third-order valence-electron chi connectivity index (χ3n) is 1.64. The summed E-state index contributed by atoms with van der Waals surface area (Å²) in [5, 5.41) is 10.2. The molecule has 70 valence electrons. The molecule has 0 unspecified atom stereocenters. The van der Waals surface area contributed by atoms with Gasteiger partial charge in [0.25, 0.3) is 5.56 Å². The molecule has 0 aliphatic carbocycles. The lowest BCUT2D eigenvalue weighted by Crippen LogP contribution is -2.09. The summed E-state index contributed by atoms with van der Waals surface area (Å²) in [5.41, 5.74) is 0.471. The van der Waals surface area contributed by atoms with Gasteiger partial charge < -0.3 is 0 Å². The molecule has 0 bridgehead atoms. The van der Waals surface area contributed by atoms with Gasteiger partial charge in [0.15, 0.2) is 0 Å². The average molecular weight is 188 g/mol. The molecule has 0 fully saturated rings. The molecule has 2 rings (SSSR count). The molecular formula is C9H8N4O. The van der Waals surface area contributed by atoms with Crippen LogP contribution in [0.5, 0.6) is 0 Å². The van der Waals surface area contributed by atoms with Crippen LogP contribution in [0.15, 0.2) is 57.7 Å². The van der Waals surface area contributed by atoms with E-state index in [1.54, 1.807) is 12.1 Å². The Morgan fingerprint density at radius 1 is 1.14 bits per heavy atom. The fourth-order valence-electron chi connectivity index (χ4n) is 0.974. The molecule has 1 aromatic carbocycles. The van der Waals surface area contributed by atoms with Gasteiger partial charge in [0.1, 0.15) is 0 Å². The van der Waals surface area contributed by atoms with E-state index in [0.717, 1.165) is 4.79 Å². The van der Waals surface area contributed by atoms with Crippen molar-refractivity contribution in [3.05, 3.63) is 52.9 Å². The maximum Gasteiger partial charge on any atom is 0.289 e. The van der Waals surface area contributed by atoms with Crippen molar-refractivity contribution in [2.75, 3.05) is 0 Å². The van der Waals surface area contributed by atoms with Crippen LogP contribution >= 0.6 is 0 Å². The summed E-state index contributed by atoms with van der Waals surface area (Å²) >= 11 is 0. The Morgan fingerprint density at radius 2 is 1.93 bits per heavy atom. The Bertz CT molecular complexity index is 483. The fraction of sp³-hybridized carbons (Fsp3) is 0. The van der Waals surface area contributed by atoms with Gasteiger partial charge in [-0.25, -0.2) is 0 Å². The Morgan fingerprint density at radius 3 is 2.57 bits per heavy atom. The fourth-order valence-corrected chi connectivity index (χ4v) is 0.974. The summed E-state index contributed by atoms with van der Waals surface area (Å²) < 4.78 is 0. The number of hydrogen-bond donors (Lipinski definition) is 1. The van der Waals surface area contributed by atoms with Crippen molar-refractivity contribution in [2.45, 2.75) is 0 Å². The molecule has 2 aromatic rings. The van der Waals surface area contributed by atoms with Crippen molar-refractivity contribution in [3.63, 3.8) is 0 Å². The van der Waals surface area contributed by atoms with Crippen molar-refractivity contribution in [1.29, 1.82) is 0 Å². The van der Waals surface area contributed by atoms with E-state index in [0.29, 0.717) is 5.69 Å². The van der Waals surface area contributed by atoms with Crippen LogP contribution in [0.25, 0.3) is 0 Å². The highest BCUT2D eigenvalue weighted by atomic mass is 16.1. The first-order valence-corrected chi connectivity index (χ1v) is 4.10. The van der Waals surface area contributed by atoms with Gasteiger partial charge in [-0.3, -0.25) is 9.89 Å². The van der Waals surface area contributed by atoms with Crippen molar-refractivity contribution >= 4 is 5.69 Å². The molecule has 0 aliphatic heterocycles. The van der Waals surface area contributed by atoms with E-state index in [4.69, 9.17) is 0 Å². The zero-order valence-electron chi connectivity index (χ0n) is 7.29. The smallest absolute Gasteiger partial charge is 0.281 e. The van der Waals surface area contributed by atoms with Gasteiger partial charge in [-0.1, -0.05) is 18.2 Å². The van der Waals surface area contributed by atoms with Crippen molar-refractivity contribution in [1.82, 2.24) is 9.89 Å². The molecule has 0 spiro atoms. The largest absolute Gasteiger partial charge is 0.289 e. The zero-order valence-corrected chi connectivity index (χ0v) is 7.29. The van der Waals surface area contributed by atoms with Crippen LogP contribution in [0, 0.1) is 0 Å². The topological polar surface area (TPSA) is 62.5 Å². The minimum Gasteiger partial charge on any atom is -0.281 e. The Labute approximate surface area is 79.7 Å². The Hall–Kier alpha value is -2.17. The van der Waals surface area contributed by atoms with Gasteiger partial charge in [-0.2, -0.15) is 0 Å². The van der Waals surface area contributed by atoms with Crippen molar-refractivity contribution in [3.8, 4) is 0 Å². The average Bonchev–Trinajstić information content (AvgIpc) is 2.63. The first kappa shape index (κ1) is 8.43. The molecule has 5 nitrogen and oxygen atoms in total.